The molecule has 1 atom stereocenters. The van der Waals surface area contributed by atoms with E-state index in [1.54, 1.807) is 4.88 Å². The summed E-state index contributed by atoms with van der Waals surface area (Å²) >= 11 is 1.88. The van der Waals surface area contributed by atoms with Crippen LogP contribution in [-0.2, 0) is 0 Å². The molecule has 1 heterocycles. The third-order valence-corrected chi connectivity index (χ3v) is 3.49. The van der Waals surface area contributed by atoms with Crippen molar-refractivity contribution in [1.82, 2.24) is 0 Å². The molecule has 0 aliphatic carbocycles. The molecule has 0 N–H and O–H groups in total. The van der Waals surface area contributed by atoms with Crippen LogP contribution >= 0.6 is 11.3 Å². The Hall–Kier alpha value is -0.560. The lowest BCUT2D eigenvalue weighted by Crippen LogP contribution is -1.89. The maximum Gasteiger partial charge on any atom is 0.0106 e. The van der Waals surface area contributed by atoms with Gasteiger partial charge in [-0.15, -0.1) is 11.3 Å². The second-order valence-corrected chi connectivity index (χ2v) is 4.43. The average Bonchev–Trinajstić information content (AvgIpc) is 2.52. The molecule has 13 heavy (non-hydrogen) atoms. The molecule has 1 aromatic heterocycles. The summed E-state index contributed by atoms with van der Waals surface area (Å²) in [4.78, 5) is 1.54. The molecule has 0 saturated carbocycles. The first-order valence-corrected chi connectivity index (χ1v) is 5.82. The first-order valence-electron chi connectivity index (χ1n) is 4.94. The number of hydrogen-bond donors (Lipinski definition) is 0. The molecule has 0 fully saturated rings. The number of aryl methyl sites for hydroxylation is 1. The summed E-state index contributed by atoms with van der Waals surface area (Å²) in [7, 11) is 0. The summed E-state index contributed by atoms with van der Waals surface area (Å²) in [6.07, 6.45) is 6.87. The van der Waals surface area contributed by atoms with E-state index in [9.17, 15) is 0 Å². The molecule has 0 amide bonds. The summed E-state index contributed by atoms with van der Waals surface area (Å²) in [5, 5.41) is 2.19. The van der Waals surface area contributed by atoms with Crippen LogP contribution in [0.5, 0.6) is 0 Å². The van der Waals surface area contributed by atoms with E-state index < -0.39 is 0 Å². The highest BCUT2D eigenvalue weighted by Gasteiger charge is 2.07. The van der Waals surface area contributed by atoms with E-state index in [1.165, 1.54) is 12.0 Å². The molecule has 0 bridgehead atoms. The summed E-state index contributed by atoms with van der Waals surface area (Å²) in [6.45, 7) is 6.68. The minimum absolute atomic E-state index is 0.683. The van der Waals surface area contributed by atoms with E-state index in [0.29, 0.717) is 5.92 Å². The zero-order valence-electron chi connectivity index (χ0n) is 8.71. The fourth-order valence-electron chi connectivity index (χ4n) is 1.46. The van der Waals surface area contributed by atoms with Gasteiger partial charge in [0, 0.05) is 4.88 Å². The molecule has 0 aliphatic rings. The SMILES string of the molecule is CC/C=C\CC(C)c1sccc1C. The molecular weight excluding hydrogens is 176 g/mol. The second-order valence-electron chi connectivity index (χ2n) is 3.48. The van der Waals surface area contributed by atoms with Crippen LogP contribution in [0.2, 0.25) is 0 Å². The first kappa shape index (κ1) is 10.5. The quantitative estimate of drug-likeness (QED) is 0.618. The Labute approximate surface area is 85.3 Å². The highest BCUT2D eigenvalue weighted by Crippen LogP contribution is 2.27. The van der Waals surface area contributed by atoms with Gasteiger partial charge in [-0.05, 0) is 42.7 Å². The van der Waals surface area contributed by atoms with Gasteiger partial charge in [-0.3, -0.25) is 0 Å². The highest BCUT2D eigenvalue weighted by atomic mass is 32.1. The van der Waals surface area contributed by atoms with E-state index in [1.807, 2.05) is 11.3 Å². The average molecular weight is 194 g/mol. The molecule has 1 aromatic rings. The lowest BCUT2D eigenvalue weighted by Gasteiger charge is -2.07. The molecular formula is C12H18S. The van der Waals surface area contributed by atoms with Crippen LogP contribution in [0.1, 0.15) is 43.0 Å². The second kappa shape index (κ2) is 5.23. The maximum absolute atomic E-state index is 2.30. The Bertz CT molecular complexity index is 270. The molecule has 72 valence electrons. The van der Waals surface area contributed by atoms with Crippen molar-refractivity contribution in [2.24, 2.45) is 0 Å². The minimum atomic E-state index is 0.683. The lowest BCUT2D eigenvalue weighted by atomic mass is 10.0. The zero-order chi connectivity index (χ0) is 9.68. The molecule has 0 saturated heterocycles. The third-order valence-electron chi connectivity index (χ3n) is 2.24. The van der Waals surface area contributed by atoms with Gasteiger partial charge in [0.15, 0.2) is 0 Å². The molecule has 1 rings (SSSR count). The van der Waals surface area contributed by atoms with Crippen molar-refractivity contribution in [3.63, 3.8) is 0 Å². The number of hydrogen-bond acceptors (Lipinski definition) is 1. The topological polar surface area (TPSA) is 0 Å². The zero-order valence-corrected chi connectivity index (χ0v) is 9.53. The van der Waals surface area contributed by atoms with Gasteiger partial charge in [-0.2, -0.15) is 0 Å². The fourth-order valence-corrected chi connectivity index (χ4v) is 2.46. The van der Waals surface area contributed by atoms with E-state index >= 15 is 0 Å². The van der Waals surface area contributed by atoms with Crippen LogP contribution < -0.4 is 0 Å². The van der Waals surface area contributed by atoms with Crippen LogP contribution in [0.15, 0.2) is 23.6 Å². The summed E-state index contributed by atoms with van der Waals surface area (Å²) in [6, 6.07) is 2.21. The molecule has 0 spiro atoms. The Morgan fingerprint density at radius 2 is 2.23 bits per heavy atom. The molecule has 0 aromatic carbocycles. The largest absolute Gasteiger partial charge is 0.148 e. The molecule has 1 unspecified atom stereocenters. The summed E-state index contributed by atoms with van der Waals surface area (Å²) in [5.41, 5.74) is 1.45. The van der Waals surface area contributed by atoms with Crippen LogP contribution in [0, 0.1) is 6.92 Å². The van der Waals surface area contributed by atoms with Crippen molar-refractivity contribution in [3.8, 4) is 0 Å². The molecule has 0 radical (unpaired) electrons. The molecule has 1 heteroatoms. The number of thiophene rings is 1. The third kappa shape index (κ3) is 3.00. The molecule has 0 nitrogen and oxygen atoms in total. The summed E-state index contributed by atoms with van der Waals surface area (Å²) < 4.78 is 0. The Morgan fingerprint density at radius 1 is 1.46 bits per heavy atom. The van der Waals surface area contributed by atoms with Gasteiger partial charge in [0.1, 0.15) is 0 Å². The maximum atomic E-state index is 2.30. The fraction of sp³-hybridized carbons (Fsp3) is 0.500. The Morgan fingerprint density at radius 3 is 2.77 bits per heavy atom. The predicted molar refractivity (Wildman–Crippen MR) is 61.5 cm³/mol. The number of rotatable bonds is 4. The minimum Gasteiger partial charge on any atom is -0.148 e. The highest BCUT2D eigenvalue weighted by molar-refractivity contribution is 7.10. The Balaban J connectivity index is 2.53. The number of allylic oxidation sites excluding steroid dienone is 2. The predicted octanol–water partition coefficient (Wildman–Crippen LogP) is 4.52. The standard InChI is InChI=1S/C12H18S/c1-4-5-6-7-10(2)12-11(3)8-9-13-12/h5-6,8-10H,4,7H2,1-3H3/b6-5-. The Kier molecular flexibility index (Phi) is 4.23. The molecule has 0 aliphatic heterocycles. The normalized spacial score (nSPS) is 13.8. The van der Waals surface area contributed by atoms with Gasteiger partial charge < -0.3 is 0 Å². The van der Waals surface area contributed by atoms with Crippen molar-refractivity contribution in [3.05, 3.63) is 34.0 Å². The monoisotopic (exact) mass is 194 g/mol. The van der Waals surface area contributed by atoms with Gasteiger partial charge in [0.25, 0.3) is 0 Å². The van der Waals surface area contributed by atoms with Crippen LogP contribution in [0.3, 0.4) is 0 Å². The lowest BCUT2D eigenvalue weighted by molar-refractivity contribution is 0.790. The first-order chi connectivity index (χ1) is 6.25. The van der Waals surface area contributed by atoms with Crippen molar-refractivity contribution in [2.45, 2.75) is 39.5 Å². The van der Waals surface area contributed by atoms with E-state index in [2.05, 4.69) is 44.4 Å². The van der Waals surface area contributed by atoms with Crippen molar-refractivity contribution in [1.29, 1.82) is 0 Å². The van der Waals surface area contributed by atoms with Crippen LogP contribution in [0.25, 0.3) is 0 Å². The van der Waals surface area contributed by atoms with Gasteiger partial charge >= 0.3 is 0 Å². The van der Waals surface area contributed by atoms with E-state index in [0.717, 1.165) is 6.42 Å². The summed E-state index contributed by atoms with van der Waals surface area (Å²) in [5.74, 6) is 0.683. The van der Waals surface area contributed by atoms with Crippen LogP contribution in [0.4, 0.5) is 0 Å². The van der Waals surface area contributed by atoms with Crippen molar-refractivity contribution >= 4 is 11.3 Å². The van der Waals surface area contributed by atoms with Gasteiger partial charge in [-0.25, -0.2) is 0 Å². The van der Waals surface area contributed by atoms with Gasteiger partial charge in [-0.1, -0.05) is 26.0 Å². The van der Waals surface area contributed by atoms with Gasteiger partial charge in [0.2, 0.25) is 0 Å². The smallest absolute Gasteiger partial charge is 0.0106 e. The van der Waals surface area contributed by atoms with E-state index in [-0.39, 0.29) is 0 Å². The van der Waals surface area contributed by atoms with Gasteiger partial charge in [0.05, 0.1) is 0 Å². The van der Waals surface area contributed by atoms with E-state index in [4.69, 9.17) is 0 Å². The van der Waals surface area contributed by atoms with Crippen molar-refractivity contribution < 1.29 is 0 Å². The van der Waals surface area contributed by atoms with Crippen molar-refractivity contribution in [2.75, 3.05) is 0 Å². The van der Waals surface area contributed by atoms with Crippen LogP contribution in [-0.4, -0.2) is 0 Å².